The van der Waals surface area contributed by atoms with Crippen molar-refractivity contribution in [3.8, 4) is 0 Å². The number of hydrogen-bond acceptors (Lipinski definition) is 5. The van der Waals surface area contributed by atoms with Crippen molar-refractivity contribution in [3.63, 3.8) is 0 Å². The van der Waals surface area contributed by atoms with Gasteiger partial charge in [-0.15, -0.1) is 0 Å². The number of carbonyl (C=O) groups excluding carboxylic acids is 1. The molecule has 0 bridgehead atoms. The number of aliphatic carboxylic acids is 1. The molecular formula is C25H31Cl2N3O4. The molecule has 2 N–H and O–H groups in total. The molecule has 2 aromatic rings. The van der Waals surface area contributed by atoms with Crippen LogP contribution >= 0.6 is 23.2 Å². The lowest BCUT2D eigenvalue weighted by Crippen LogP contribution is -2.41. The largest absolute Gasteiger partial charge is 0.480 e. The van der Waals surface area contributed by atoms with Crippen LogP contribution < -0.4 is 5.32 Å². The van der Waals surface area contributed by atoms with Crippen LogP contribution in [0.2, 0.25) is 10.0 Å². The number of hydrogen-bond donors (Lipinski definition) is 2. The highest BCUT2D eigenvalue weighted by molar-refractivity contribution is 6.42. The number of amides is 1. The standard InChI is InChI=1S/C25H31Cl2N3O4/c1-29(24(31)14-18-7-8-21(26)22(27)13-18)23(19-5-3-2-4-6-19)16-30-11-9-20(15-30)28-10-12-34-17-25(32)33/h2-8,13,20,23,28H,9-12,14-17H2,1H3,(H,32,33)/t20-,23?/m0/s1. The van der Waals surface area contributed by atoms with Gasteiger partial charge >= 0.3 is 5.97 Å². The summed E-state index contributed by atoms with van der Waals surface area (Å²) in [6.45, 7) is 3.20. The van der Waals surface area contributed by atoms with Gasteiger partial charge in [-0.1, -0.05) is 59.6 Å². The maximum absolute atomic E-state index is 13.2. The van der Waals surface area contributed by atoms with Crippen molar-refractivity contribution in [3.05, 3.63) is 69.7 Å². The lowest BCUT2D eigenvalue weighted by atomic mass is 10.0. The number of likely N-dealkylation sites (N-methyl/N-ethyl adjacent to an activating group) is 1. The third-order valence-electron chi connectivity index (χ3n) is 5.99. The highest BCUT2D eigenvalue weighted by atomic mass is 35.5. The minimum atomic E-state index is -0.961. The minimum Gasteiger partial charge on any atom is -0.480 e. The van der Waals surface area contributed by atoms with Gasteiger partial charge in [-0.25, -0.2) is 4.79 Å². The molecule has 0 saturated carbocycles. The molecule has 2 aromatic carbocycles. The Morgan fingerprint density at radius 2 is 1.97 bits per heavy atom. The molecule has 184 valence electrons. The first-order valence-corrected chi connectivity index (χ1v) is 12.1. The lowest BCUT2D eigenvalue weighted by Gasteiger charge is -2.32. The zero-order valence-corrected chi connectivity index (χ0v) is 20.8. The Labute approximate surface area is 210 Å². The quantitative estimate of drug-likeness (QED) is 0.428. The fourth-order valence-electron chi connectivity index (χ4n) is 4.15. The van der Waals surface area contributed by atoms with Gasteiger partial charge in [0.2, 0.25) is 5.91 Å². The van der Waals surface area contributed by atoms with Crippen LogP contribution in [0.1, 0.15) is 23.6 Å². The van der Waals surface area contributed by atoms with Gasteiger partial charge in [-0.2, -0.15) is 0 Å². The first-order chi connectivity index (χ1) is 16.3. The van der Waals surface area contributed by atoms with Crippen LogP contribution in [0.25, 0.3) is 0 Å². The number of nitrogens with one attached hydrogen (secondary N) is 1. The smallest absolute Gasteiger partial charge is 0.329 e. The van der Waals surface area contributed by atoms with Crippen LogP contribution in [0.5, 0.6) is 0 Å². The molecule has 1 fully saturated rings. The van der Waals surface area contributed by atoms with E-state index in [2.05, 4.69) is 22.3 Å². The molecule has 3 rings (SSSR count). The molecule has 1 aliphatic rings. The molecule has 0 aromatic heterocycles. The van der Waals surface area contributed by atoms with E-state index in [9.17, 15) is 9.59 Å². The number of carbonyl (C=O) groups is 2. The van der Waals surface area contributed by atoms with Crippen molar-refractivity contribution in [2.24, 2.45) is 0 Å². The minimum absolute atomic E-state index is 0.0108. The zero-order valence-electron chi connectivity index (χ0n) is 19.3. The first-order valence-electron chi connectivity index (χ1n) is 11.3. The Morgan fingerprint density at radius 1 is 1.21 bits per heavy atom. The summed E-state index contributed by atoms with van der Waals surface area (Å²) >= 11 is 12.1. The van der Waals surface area contributed by atoms with E-state index in [-0.39, 0.29) is 25.0 Å². The van der Waals surface area contributed by atoms with Crippen molar-refractivity contribution < 1.29 is 19.4 Å². The second-order valence-electron chi connectivity index (χ2n) is 8.50. The normalized spacial score (nSPS) is 17.0. The van der Waals surface area contributed by atoms with Gasteiger partial charge < -0.3 is 20.1 Å². The number of carboxylic acids is 1. The van der Waals surface area contributed by atoms with Gasteiger partial charge in [0.25, 0.3) is 0 Å². The van der Waals surface area contributed by atoms with Gasteiger partial charge in [-0.3, -0.25) is 9.69 Å². The van der Waals surface area contributed by atoms with Crippen molar-refractivity contribution in [1.29, 1.82) is 0 Å². The highest BCUT2D eigenvalue weighted by Gasteiger charge is 2.28. The van der Waals surface area contributed by atoms with Crippen molar-refractivity contribution in [1.82, 2.24) is 15.1 Å². The summed E-state index contributed by atoms with van der Waals surface area (Å²) in [4.78, 5) is 27.9. The Kier molecular flexibility index (Phi) is 10.2. The van der Waals surface area contributed by atoms with E-state index in [1.165, 1.54) is 0 Å². The average Bonchev–Trinajstić information content (AvgIpc) is 3.27. The summed E-state index contributed by atoms with van der Waals surface area (Å²) in [5.74, 6) is -0.950. The number of halogens is 2. The topological polar surface area (TPSA) is 82.1 Å². The lowest BCUT2D eigenvalue weighted by molar-refractivity contribution is -0.142. The second-order valence-corrected chi connectivity index (χ2v) is 9.32. The van der Waals surface area contributed by atoms with Gasteiger partial charge in [0, 0.05) is 32.7 Å². The SMILES string of the molecule is CN(C(=O)Cc1ccc(Cl)c(Cl)c1)C(CN1CC[C@H](NCCOCC(=O)O)C1)c1ccccc1. The Balaban J connectivity index is 1.59. The molecule has 1 amide bonds. The maximum Gasteiger partial charge on any atom is 0.329 e. The van der Waals surface area contributed by atoms with Crippen molar-refractivity contribution in [2.45, 2.75) is 24.9 Å². The molecule has 0 spiro atoms. The predicted molar refractivity (Wildman–Crippen MR) is 133 cm³/mol. The number of rotatable bonds is 12. The van der Waals surface area contributed by atoms with E-state index < -0.39 is 5.97 Å². The van der Waals surface area contributed by atoms with Crippen LogP contribution in [0.4, 0.5) is 0 Å². The van der Waals surface area contributed by atoms with Gasteiger partial charge in [0.1, 0.15) is 6.61 Å². The average molecular weight is 508 g/mol. The van der Waals surface area contributed by atoms with Gasteiger partial charge in [-0.05, 0) is 36.2 Å². The number of ether oxygens (including phenoxy) is 1. The van der Waals surface area contributed by atoms with Gasteiger partial charge in [0.15, 0.2) is 0 Å². The summed E-state index contributed by atoms with van der Waals surface area (Å²) in [5, 5.41) is 13.0. The van der Waals surface area contributed by atoms with Crippen LogP contribution in [-0.4, -0.2) is 79.3 Å². The van der Waals surface area contributed by atoms with Crippen LogP contribution in [0.3, 0.4) is 0 Å². The van der Waals surface area contributed by atoms with E-state index in [4.69, 9.17) is 33.0 Å². The molecule has 9 heteroatoms. The van der Waals surface area contributed by atoms with E-state index in [0.29, 0.717) is 29.2 Å². The van der Waals surface area contributed by atoms with Crippen molar-refractivity contribution >= 4 is 35.1 Å². The number of carboxylic acid groups (broad SMARTS) is 1. The Bertz CT molecular complexity index is 960. The van der Waals surface area contributed by atoms with Crippen LogP contribution in [0.15, 0.2) is 48.5 Å². The molecule has 1 saturated heterocycles. The van der Waals surface area contributed by atoms with Crippen LogP contribution in [-0.2, 0) is 20.7 Å². The monoisotopic (exact) mass is 507 g/mol. The van der Waals surface area contributed by atoms with Crippen molar-refractivity contribution in [2.75, 3.05) is 46.4 Å². The number of likely N-dealkylation sites (tertiary alicyclic amines) is 1. The third-order valence-corrected chi connectivity index (χ3v) is 6.73. The third kappa shape index (κ3) is 7.96. The van der Waals surface area contributed by atoms with Gasteiger partial charge in [0.05, 0.1) is 29.1 Å². The first kappa shape index (κ1) is 26.4. The summed E-state index contributed by atoms with van der Waals surface area (Å²) in [6, 6.07) is 15.6. The molecule has 7 nitrogen and oxygen atoms in total. The molecular weight excluding hydrogens is 477 g/mol. The van der Waals surface area contributed by atoms with E-state index in [1.54, 1.807) is 12.1 Å². The summed E-state index contributed by atoms with van der Waals surface area (Å²) in [5.41, 5.74) is 1.92. The summed E-state index contributed by atoms with van der Waals surface area (Å²) in [7, 11) is 1.85. The fraction of sp³-hybridized carbons (Fsp3) is 0.440. The summed E-state index contributed by atoms with van der Waals surface area (Å²) in [6.07, 6.45) is 1.23. The second kappa shape index (κ2) is 13.1. The van der Waals surface area contributed by atoms with E-state index >= 15 is 0 Å². The Morgan fingerprint density at radius 3 is 2.68 bits per heavy atom. The Hall–Kier alpha value is -2.16. The molecule has 0 aliphatic carbocycles. The fourth-order valence-corrected chi connectivity index (χ4v) is 4.47. The zero-order chi connectivity index (χ0) is 24.5. The number of nitrogens with zero attached hydrogens (tertiary/aromatic N) is 2. The molecule has 1 aliphatic heterocycles. The maximum atomic E-state index is 13.2. The molecule has 1 heterocycles. The van der Waals surface area contributed by atoms with E-state index in [0.717, 1.165) is 37.2 Å². The molecule has 2 atom stereocenters. The van der Waals surface area contributed by atoms with Crippen LogP contribution in [0, 0.1) is 0 Å². The number of benzene rings is 2. The molecule has 0 radical (unpaired) electrons. The predicted octanol–water partition coefficient (Wildman–Crippen LogP) is 3.50. The highest BCUT2D eigenvalue weighted by Crippen LogP contribution is 2.26. The molecule has 34 heavy (non-hydrogen) atoms. The summed E-state index contributed by atoms with van der Waals surface area (Å²) < 4.78 is 5.09. The van der Waals surface area contributed by atoms with E-state index in [1.807, 2.05) is 36.2 Å². The molecule has 1 unspecified atom stereocenters.